The number of carbonyl (C=O) groups excluding carboxylic acids is 2. The number of aryl methyl sites for hydroxylation is 1. The summed E-state index contributed by atoms with van der Waals surface area (Å²) in [5.74, 6) is 0.291. The molecule has 1 heterocycles. The summed E-state index contributed by atoms with van der Waals surface area (Å²) in [6, 6.07) is 20.6. The molecular weight excluding hydrogens is 500 g/mol. The Hall–Kier alpha value is -3.98. The average molecular weight is 533 g/mol. The number of carbonyl (C=O) groups is 2. The molecule has 0 atom stereocenters. The summed E-state index contributed by atoms with van der Waals surface area (Å²) in [5, 5.41) is 2.93. The first kappa shape index (κ1) is 27.1. The number of imidazole rings is 1. The van der Waals surface area contributed by atoms with E-state index in [0.717, 1.165) is 59.2 Å². The Kier molecular flexibility index (Phi) is 8.26. The van der Waals surface area contributed by atoms with E-state index < -0.39 is 15.9 Å². The maximum absolute atomic E-state index is 12.6. The lowest BCUT2D eigenvalue weighted by atomic mass is 9.98. The van der Waals surface area contributed by atoms with Gasteiger partial charge in [-0.1, -0.05) is 62.7 Å². The van der Waals surface area contributed by atoms with Crippen molar-refractivity contribution < 1.29 is 18.0 Å². The van der Waals surface area contributed by atoms with Crippen molar-refractivity contribution in [3.8, 4) is 11.1 Å². The highest BCUT2D eigenvalue weighted by Gasteiger charge is 2.17. The lowest BCUT2D eigenvalue weighted by molar-refractivity contribution is -0.115. The van der Waals surface area contributed by atoms with Crippen LogP contribution >= 0.6 is 0 Å². The smallest absolute Gasteiger partial charge is 0.265 e. The summed E-state index contributed by atoms with van der Waals surface area (Å²) >= 11 is 0. The van der Waals surface area contributed by atoms with Gasteiger partial charge in [0.2, 0.25) is 15.9 Å². The second kappa shape index (κ2) is 11.6. The number of benzene rings is 3. The lowest BCUT2D eigenvalue weighted by Gasteiger charge is -2.12. The van der Waals surface area contributed by atoms with E-state index in [1.54, 1.807) is 18.2 Å². The summed E-state index contributed by atoms with van der Waals surface area (Å²) in [6.45, 7) is 4.57. The summed E-state index contributed by atoms with van der Waals surface area (Å²) in [4.78, 5) is 29.4. The monoisotopic (exact) mass is 532 g/mol. The Labute approximate surface area is 223 Å². The third-order valence-corrected chi connectivity index (χ3v) is 6.80. The molecule has 4 aromatic rings. The molecule has 0 aliphatic rings. The van der Waals surface area contributed by atoms with Crippen LogP contribution in [0.5, 0.6) is 0 Å². The largest absolute Gasteiger partial charge is 0.326 e. The first-order valence-electron chi connectivity index (χ1n) is 12.7. The molecule has 2 N–H and O–H groups in total. The minimum atomic E-state index is -3.68. The quantitative estimate of drug-likeness (QED) is 0.294. The van der Waals surface area contributed by atoms with Crippen molar-refractivity contribution in [2.45, 2.75) is 46.1 Å². The molecule has 1 aromatic heterocycles. The molecule has 8 nitrogen and oxygen atoms in total. The molecule has 38 heavy (non-hydrogen) atoms. The minimum Gasteiger partial charge on any atom is -0.326 e. The van der Waals surface area contributed by atoms with Crippen molar-refractivity contribution in [1.29, 1.82) is 0 Å². The number of aromatic nitrogens is 2. The molecule has 0 spiro atoms. The normalized spacial score (nSPS) is 11.4. The van der Waals surface area contributed by atoms with Crippen LogP contribution in [0.3, 0.4) is 0 Å². The molecule has 0 saturated heterocycles. The molecule has 0 saturated carbocycles. The number of anilines is 1. The lowest BCUT2D eigenvalue weighted by Crippen LogP contribution is -2.29. The van der Waals surface area contributed by atoms with Gasteiger partial charge in [0.05, 0.1) is 17.3 Å². The molecule has 4 rings (SSSR count). The van der Waals surface area contributed by atoms with Crippen LogP contribution in [0.15, 0.2) is 66.7 Å². The van der Waals surface area contributed by atoms with Gasteiger partial charge in [-0.3, -0.25) is 9.59 Å². The number of rotatable bonds is 10. The Morgan fingerprint density at radius 1 is 0.974 bits per heavy atom. The van der Waals surface area contributed by atoms with Gasteiger partial charge in [0.15, 0.2) is 0 Å². The molecule has 9 heteroatoms. The Balaban J connectivity index is 1.66. The highest BCUT2D eigenvalue weighted by Crippen LogP contribution is 2.27. The predicted molar refractivity (Wildman–Crippen MR) is 151 cm³/mol. The second-order valence-corrected chi connectivity index (χ2v) is 11.0. The average Bonchev–Trinajstić information content (AvgIpc) is 3.23. The van der Waals surface area contributed by atoms with Crippen molar-refractivity contribution in [1.82, 2.24) is 14.3 Å². The van der Waals surface area contributed by atoms with Gasteiger partial charge in [-0.15, -0.1) is 0 Å². The van der Waals surface area contributed by atoms with E-state index in [9.17, 15) is 18.0 Å². The molecule has 2 amide bonds. The standard InChI is InChI=1S/C29H32N4O4S/c1-4-6-11-27-31-25-17-16-22(30-28(34)5-2)18-26(25)33(27)19-20-12-14-21(15-13-20)23-9-7-8-10-24(23)29(35)32-38(3,36)37/h7-10,12-18H,4-6,11,19H2,1-3H3,(H,30,34)(H,32,35). The van der Waals surface area contributed by atoms with E-state index in [1.807, 2.05) is 60.2 Å². The van der Waals surface area contributed by atoms with Crippen molar-refractivity contribution in [2.75, 3.05) is 11.6 Å². The Bertz CT molecular complexity index is 1570. The van der Waals surface area contributed by atoms with Gasteiger partial charge in [-0.05, 0) is 47.4 Å². The van der Waals surface area contributed by atoms with Crippen molar-refractivity contribution >= 4 is 38.6 Å². The molecule has 0 unspecified atom stereocenters. The van der Waals surface area contributed by atoms with E-state index in [0.29, 0.717) is 18.5 Å². The summed E-state index contributed by atoms with van der Waals surface area (Å²) in [6.07, 6.45) is 4.29. The summed E-state index contributed by atoms with van der Waals surface area (Å²) < 4.78 is 27.4. The number of nitrogens with zero attached hydrogens (tertiary/aromatic N) is 2. The topological polar surface area (TPSA) is 110 Å². The molecule has 0 bridgehead atoms. The van der Waals surface area contributed by atoms with E-state index in [2.05, 4.69) is 16.8 Å². The molecular formula is C29H32N4O4S. The van der Waals surface area contributed by atoms with Crippen LogP contribution in [-0.2, 0) is 27.8 Å². The number of hydrogen-bond acceptors (Lipinski definition) is 5. The summed E-state index contributed by atoms with van der Waals surface area (Å²) in [7, 11) is -3.68. The van der Waals surface area contributed by atoms with Gasteiger partial charge in [0.25, 0.3) is 5.91 Å². The fraction of sp³-hybridized carbons (Fsp3) is 0.276. The summed E-state index contributed by atoms with van der Waals surface area (Å²) in [5.41, 5.74) is 5.37. The highest BCUT2D eigenvalue weighted by molar-refractivity contribution is 7.89. The first-order chi connectivity index (χ1) is 18.2. The van der Waals surface area contributed by atoms with Crippen LogP contribution < -0.4 is 10.0 Å². The van der Waals surface area contributed by atoms with E-state index in [4.69, 9.17) is 4.98 Å². The van der Waals surface area contributed by atoms with E-state index in [1.165, 1.54) is 0 Å². The van der Waals surface area contributed by atoms with Crippen LogP contribution in [0.1, 0.15) is 54.9 Å². The zero-order chi connectivity index (χ0) is 27.3. The number of sulfonamides is 1. The maximum Gasteiger partial charge on any atom is 0.265 e. The number of hydrogen-bond donors (Lipinski definition) is 2. The first-order valence-corrected chi connectivity index (χ1v) is 14.6. The van der Waals surface area contributed by atoms with Gasteiger partial charge in [-0.25, -0.2) is 18.1 Å². The maximum atomic E-state index is 12.6. The van der Waals surface area contributed by atoms with Gasteiger partial charge >= 0.3 is 0 Å². The van der Waals surface area contributed by atoms with Crippen LogP contribution in [0.25, 0.3) is 22.2 Å². The zero-order valence-electron chi connectivity index (χ0n) is 21.8. The van der Waals surface area contributed by atoms with Crippen LogP contribution in [0.2, 0.25) is 0 Å². The highest BCUT2D eigenvalue weighted by atomic mass is 32.2. The van der Waals surface area contributed by atoms with Crippen molar-refractivity contribution in [3.63, 3.8) is 0 Å². The van der Waals surface area contributed by atoms with E-state index >= 15 is 0 Å². The van der Waals surface area contributed by atoms with Crippen LogP contribution in [0.4, 0.5) is 5.69 Å². The van der Waals surface area contributed by atoms with Gasteiger partial charge in [-0.2, -0.15) is 0 Å². The fourth-order valence-electron chi connectivity index (χ4n) is 4.33. The van der Waals surface area contributed by atoms with Crippen LogP contribution in [0, 0.1) is 0 Å². The molecule has 0 fully saturated rings. The van der Waals surface area contributed by atoms with Gasteiger partial charge in [0, 0.05) is 30.6 Å². The molecule has 0 radical (unpaired) electrons. The predicted octanol–water partition coefficient (Wildman–Crippen LogP) is 5.13. The number of amides is 2. The third kappa shape index (κ3) is 6.47. The number of unbranched alkanes of at least 4 members (excludes halogenated alkanes) is 1. The molecule has 0 aliphatic carbocycles. The number of fused-ring (bicyclic) bond motifs is 1. The van der Waals surface area contributed by atoms with Crippen molar-refractivity contribution in [2.24, 2.45) is 0 Å². The Morgan fingerprint density at radius 3 is 2.39 bits per heavy atom. The van der Waals surface area contributed by atoms with Gasteiger partial charge < -0.3 is 9.88 Å². The van der Waals surface area contributed by atoms with Crippen molar-refractivity contribution in [3.05, 3.63) is 83.7 Å². The van der Waals surface area contributed by atoms with Crippen LogP contribution in [-0.4, -0.2) is 36.0 Å². The minimum absolute atomic E-state index is 0.0392. The number of nitrogens with one attached hydrogen (secondary N) is 2. The Morgan fingerprint density at radius 2 is 1.71 bits per heavy atom. The SMILES string of the molecule is CCCCc1nc2ccc(NC(=O)CC)cc2n1Cc1ccc(-c2ccccc2C(=O)NS(C)(=O)=O)cc1. The van der Waals surface area contributed by atoms with Gasteiger partial charge in [0.1, 0.15) is 5.82 Å². The second-order valence-electron chi connectivity index (χ2n) is 9.27. The van der Waals surface area contributed by atoms with E-state index in [-0.39, 0.29) is 11.5 Å². The fourth-order valence-corrected chi connectivity index (χ4v) is 4.78. The molecule has 198 valence electrons. The third-order valence-electron chi connectivity index (χ3n) is 6.24. The molecule has 0 aliphatic heterocycles. The zero-order valence-corrected chi connectivity index (χ0v) is 22.6. The molecule has 3 aromatic carbocycles.